The van der Waals surface area contributed by atoms with E-state index in [1.807, 2.05) is 6.07 Å². The van der Waals surface area contributed by atoms with Crippen molar-refractivity contribution in [3.63, 3.8) is 0 Å². The lowest BCUT2D eigenvalue weighted by atomic mass is 10.1. The van der Waals surface area contributed by atoms with Gasteiger partial charge in [0, 0.05) is 24.7 Å². The molecule has 1 heterocycles. The summed E-state index contributed by atoms with van der Waals surface area (Å²) in [5, 5.41) is 11.7. The molecule has 156 valence electrons. The summed E-state index contributed by atoms with van der Waals surface area (Å²) in [6, 6.07) is 12.6. The summed E-state index contributed by atoms with van der Waals surface area (Å²) in [4.78, 5) is 12.3. The lowest BCUT2D eigenvalue weighted by Gasteiger charge is -2.26. The van der Waals surface area contributed by atoms with E-state index in [2.05, 4.69) is 5.32 Å². The molecule has 0 spiro atoms. The van der Waals surface area contributed by atoms with Crippen LogP contribution in [0.15, 0.2) is 59.5 Å². The number of hydrogen-bond donors (Lipinski definition) is 1. The number of carbonyl (C=O) groups is 1. The lowest BCUT2D eigenvalue weighted by Crippen LogP contribution is -2.40. The molecule has 30 heavy (non-hydrogen) atoms. The van der Waals surface area contributed by atoms with Crippen molar-refractivity contribution in [2.24, 2.45) is 0 Å². The maximum absolute atomic E-state index is 13.8. The van der Waals surface area contributed by atoms with Crippen LogP contribution in [-0.2, 0) is 19.6 Å². The number of morpholine rings is 1. The Morgan fingerprint density at radius 3 is 2.47 bits per heavy atom. The maximum atomic E-state index is 13.8. The number of amides is 1. The third kappa shape index (κ3) is 5.10. The van der Waals surface area contributed by atoms with Crippen LogP contribution < -0.4 is 5.32 Å². The summed E-state index contributed by atoms with van der Waals surface area (Å²) in [7, 11) is -3.59. The van der Waals surface area contributed by atoms with Crippen LogP contribution in [0.3, 0.4) is 0 Å². The first-order valence-electron chi connectivity index (χ1n) is 9.22. The van der Waals surface area contributed by atoms with Crippen LogP contribution in [0.5, 0.6) is 0 Å². The van der Waals surface area contributed by atoms with Gasteiger partial charge in [0.1, 0.15) is 11.9 Å². The average molecular weight is 429 g/mol. The van der Waals surface area contributed by atoms with Crippen LogP contribution >= 0.6 is 0 Å². The Morgan fingerprint density at radius 2 is 1.83 bits per heavy atom. The van der Waals surface area contributed by atoms with Crippen molar-refractivity contribution < 1.29 is 22.3 Å². The van der Waals surface area contributed by atoms with Gasteiger partial charge in [-0.25, -0.2) is 12.8 Å². The first kappa shape index (κ1) is 21.6. The maximum Gasteiger partial charge on any atom is 0.245 e. The van der Waals surface area contributed by atoms with Gasteiger partial charge in [0.25, 0.3) is 0 Å². The zero-order valence-corrected chi connectivity index (χ0v) is 16.8. The van der Waals surface area contributed by atoms with Crippen molar-refractivity contribution in [1.29, 1.82) is 5.26 Å². The van der Waals surface area contributed by atoms with Gasteiger partial charge in [0.05, 0.1) is 24.2 Å². The highest BCUT2D eigenvalue weighted by Crippen LogP contribution is 2.19. The van der Waals surface area contributed by atoms with Gasteiger partial charge in [-0.2, -0.15) is 9.57 Å². The number of hydrogen-bond acceptors (Lipinski definition) is 5. The summed E-state index contributed by atoms with van der Waals surface area (Å²) in [6.07, 6.45) is 2.69. The number of halogens is 1. The molecular weight excluding hydrogens is 409 g/mol. The van der Waals surface area contributed by atoms with E-state index in [4.69, 9.17) is 4.74 Å². The Hall–Kier alpha value is -3.06. The lowest BCUT2D eigenvalue weighted by molar-refractivity contribution is -0.116. The van der Waals surface area contributed by atoms with E-state index in [1.54, 1.807) is 18.2 Å². The molecule has 1 aliphatic heterocycles. The molecule has 1 unspecified atom stereocenters. The molecule has 2 aromatic carbocycles. The smallest absolute Gasteiger partial charge is 0.245 e. The van der Waals surface area contributed by atoms with Crippen LogP contribution in [0, 0.1) is 17.1 Å². The van der Waals surface area contributed by atoms with E-state index in [0.29, 0.717) is 31.9 Å². The van der Waals surface area contributed by atoms with Gasteiger partial charge in [-0.15, -0.1) is 0 Å². The van der Waals surface area contributed by atoms with Crippen LogP contribution in [0.1, 0.15) is 17.2 Å². The zero-order valence-electron chi connectivity index (χ0n) is 16.0. The molecule has 1 aliphatic rings. The van der Waals surface area contributed by atoms with E-state index in [-0.39, 0.29) is 10.5 Å². The fraction of sp³-hybridized carbons (Fsp3) is 0.238. The van der Waals surface area contributed by atoms with Crippen LogP contribution in [0.25, 0.3) is 6.08 Å². The van der Waals surface area contributed by atoms with Crippen molar-refractivity contribution in [2.75, 3.05) is 26.3 Å². The molecular formula is C21H20FN3O4S. The molecule has 1 N–H and O–H groups in total. The predicted molar refractivity (Wildman–Crippen MR) is 108 cm³/mol. The number of sulfonamides is 1. The largest absolute Gasteiger partial charge is 0.379 e. The van der Waals surface area contributed by atoms with E-state index in [0.717, 1.165) is 0 Å². The zero-order chi connectivity index (χ0) is 21.6. The fourth-order valence-corrected chi connectivity index (χ4v) is 4.35. The SMILES string of the molecule is N#CC(NC(=O)/C=C/c1ccc(S(=O)(=O)N2CCOCC2)cc1)c1ccccc1F. The molecule has 0 bridgehead atoms. The molecule has 0 radical (unpaired) electrons. The standard InChI is InChI=1S/C21H20FN3O4S/c22-19-4-2-1-3-18(19)20(15-23)24-21(26)10-7-16-5-8-17(9-6-16)30(27,28)25-11-13-29-14-12-25/h1-10,20H,11-14H2,(H,24,26)/b10-7+. The van der Waals surface area contributed by atoms with Gasteiger partial charge in [0.15, 0.2) is 0 Å². The molecule has 1 saturated heterocycles. The Morgan fingerprint density at radius 1 is 1.17 bits per heavy atom. The minimum atomic E-state index is -3.59. The highest BCUT2D eigenvalue weighted by Gasteiger charge is 2.26. The minimum Gasteiger partial charge on any atom is -0.379 e. The van der Waals surface area contributed by atoms with Crippen molar-refractivity contribution in [3.8, 4) is 6.07 Å². The van der Waals surface area contributed by atoms with E-state index in [9.17, 15) is 22.9 Å². The van der Waals surface area contributed by atoms with Crippen LogP contribution in [0.2, 0.25) is 0 Å². The summed E-state index contributed by atoms with van der Waals surface area (Å²) in [5.74, 6) is -1.15. The van der Waals surface area contributed by atoms with Crippen molar-refractivity contribution >= 4 is 22.0 Å². The summed E-state index contributed by atoms with van der Waals surface area (Å²) >= 11 is 0. The van der Waals surface area contributed by atoms with E-state index < -0.39 is 27.8 Å². The molecule has 1 atom stereocenters. The highest BCUT2D eigenvalue weighted by atomic mass is 32.2. The fourth-order valence-electron chi connectivity index (χ4n) is 2.94. The highest BCUT2D eigenvalue weighted by molar-refractivity contribution is 7.89. The Balaban J connectivity index is 1.65. The van der Waals surface area contributed by atoms with Crippen molar-refractivity contribution in [3.05, 3.63) is 71.6 Å². The molecule has 0 saturated carbocycles. The van der Waals surface area contributed by atoms with Crippen molar-refractivity contribution in [2.45, 2.75) is 10.9 Å². The Labute approximate surface area is 174 Å². The summed E-state index contributed by atoms with van der Waals surface area (Å²) in [5.41, 5.74) is 0.685. The summed E-state index contributed by atoms with van der Waals surface area (Å²) < 4.78 is 45.6. The van der Waals surface area contributed by atoms with Gasteiger partial charge in [-0.3, -0.25) is 4.79 Å². The molecule has 9 heteroatoms. The first-order valence-corrected chi connectivity index (χ1v) is 10.7. The number of nitrogens with one attached hydrogen (secondary N) is 1. The quantitative estimate of drug-likeness (QED) is 0.710. The second-order valence-corrected chi connectivity index (χ2v) is 8.45. The van der Waals surface area contributed by atoms with Gasteiger partial charge in [-0.1, -0.05) is 30.3 Å². The molecule has 7 nitrogen and oxygen atoms in total. The molecule has 0 aliphatic carbocycles. The third-order valence-electron chi connectivity index (χ3n) is 4.55. The second kappa shape index (κ2) is 9.63. The predicted octanol–water partition coefficient (Wildman–Crippen LogP) is 2.24. The number of carbonyl (C=O) groups excluding carboxylic acids is 1. The van der Waals surface area contributed by atoms with E-state index in [1.165, 1.54) is 46.8 Å². The number of nitrogens with zero attached hydrogens (tertiary/aromatic N) is 2. The molecule has 1 amide bonds. The van der Waals surface area contributed by atoms with Crippen molar-refractivity contribution in [1.82, 2.24) is 9.62 Å². The van der Waals surface area contributed by atoms with Crippen LogP contribution in [-0.4, -0.2) is 44.9 Å². The minimum absolute atomic E-state index is 0.0828. The van der Waals surface area contributed by atoms with Gasteiger partial charge >= 0.3 is 0 Å². The summed E-state index contributed by atoms with van der Waals surface area (Å²) in [6.45, 7) is 1.36. The molecule has 3 rings (SSSR count). The van der Waals surface area contributed by atoms with Gasteiger partial charge in [0.2, 0.25) is 15.9 Å². The molecule has 0 aromatic heterocycles. The second-order valence-electron chi connectivity index (χ2n) is 6.51. The number of nitriles is 1. The normalized spacial score (nSPS) is 16.1. The molecule has 2 aromatic rings. The first-order chi connectivity index (χ1) is 14.4. The Kier molecular flexibility index (Phi) is 6.95. The number of ether oxygens (including phenoxy) is 1. The number of benzene rings is 2. The van der Waals surface area contributed by atoms with Crippen LogP contribution in [0.4, 0.5) is 4.39 Å². The van der Waals surface area contributed by atoms with Gasteiger partial charge < -0.3 is 10.1 Å². The third-order valence-corrected chi connectivity index (χ3v) is 6.46. The van der Waals surface area contributed by atoms with Gasteiger partial charge in [-0.05, 0) is 29.8 Å². The number of rotatable bonds is 6. The van der Waals surface area contributed by atoms with E-state index >= 15 is 0 Å². The topological polar surface area (TPSA) is 99.5 Å². The Bertz CT molecular complexity index is 1070. The average Bonchev–Trinajstić information content (AvgIpc) is 2.77. The monoisotopic (exact) mass is 429 g/mol. The molecule has 1 fully saturated rings.